The van der Waals surface area contributed by atoms with Crippen molar-refractivity contribution in [2.75, 3.05) is 27.3 Å². The van der Waals surface area contributed by atoms with E-state index in [1.807, 2.05) is 50.1 Å². The number of ether oxygens (including phenoxy) is 2. The second-order valence-corrected chi connectivity index (χ2v) is 17.9. The summed E-state index contributed by atoms with van der Waals surface area (Å²) in [6, 6.07) is 20.4. The van der Waals surface area contributed by atoms with E-state index in [1.54, 1.807) is 11.1 Å². The second kappa shape index (κ2) is 20.5. The topological polar surface area (TPSA) is 175 Å². The van der Waals surface area contributed by atoms with Gasteiger partial charge in [-0.3, -0.25) is 9.59 Å². The van der Waals surface area contributed by atoms with Crippen LogP contribution in [0.5, 0.6) is 0 Å². The highest BCUT2D eigenvalue weighted by Gasteiger charge is 2.39. The molecule has 14 heteroatoms. The number of hydrogen-bond donors (Lipinski definition) is 4. The summed E-state index contributed by atoms with van der Waals surface area (Å²) in [5, 5.41) is 5.52. The third-order valence-corrected chi connectivity index (χ3v) is 13.4. The van der Waals surface area contributed by atoms with Gasteiger partial charge >= 0.3 is 12.2 Å². The molecule has 0 unspecified atom stereocenters. The summed E-state index contributed by atoms with van der Waals surface area (Å²) in [7, 11) is 2.59. The van der Waals surface area contributed by atoms with Crippen molar-refractivity contribution in [1.82, 2.24) is 40.4 Å². The van der Waals surface area contributed by atoms with Crippen LogP contribution in [0, 0.1) is 17.8 Å². The Labute approximate surface area is 386 Å². The Morgan fingerprint density at radius 3 is 1.83 bits per heavy atom. The number of alkyl carbamates (subject to hydrolysis) is 2. The number of hydrogen-bond acceptors (Lipinski definition) is 8. The van der Waals surface area contributed by atoms with E-state index < -0.39 is 24.3 Å². The minimum Gasteiger partial charge on any atom is -0.453 e. The maximum absolute atomic E-state index is 14.3. The number of benzene rings is 3. The summed E-state index contributed by atoms with van der Waals surface area (Å²) in [5.41, 5.74) is 8.35. The zero-order valence-electron chi connectivity index (χ0n) is 38.5. The molecule has 0 bridgehead atoms. The zero-order valence-corrected chi connectivity index (χ0v) is 38.5. The average Bonchev–Trinajstić information content (AvgIpc) is 4.20. The molecule has 4 amide bonds. The predicted molar refractivity (Wildman–Crippen MR) is 252 cm³/mol. The predicted octanol–water partition coefficient (Wildman–Crippen LogP) is 9.36. The number of nitrogens with zero attached hydrogens (tertiary/aromatic N) is 4. The Balaban J connectivity index is 0.963. The lowest BCUT2D eigenvalue weighted by Crippen LogP contribution is -2.51. The number of carbonyl (C=O) groups is 4. The van der Waals surface area contributed by atoms with Crippen molar-refractivity contribution in [2.45, 2.75) is 109 Å². The van der Waals surface area contributed by atoms with E-state index in [0.29, 0.717) is 30.7 Å². The van der Waals surface area contributed by atoms with Gasteiger partial charge in [0.1, 0.15) is 23.7 Å². The largest absolute Gasteiger partial charge is 0.453 e. The molecule has 344 valence electrons. The monoisotopic (exact) mass is 892 g/mol. The fourth-order valence-corrected chi connectivity index (χ4v) is 9.87. The van der Waals surface area contributed by atoms with Crippen LogP contribution in [0.3, 0.4) is 0 Å². The smallest absolute Gasteiger partial charge is 0.407 e. The van der Waals surface area contributed by atoms with Crippen LogP contribution < -0.4 is 10.6 Å². The highest BCUT2D eigenvalue weighted by molar-refractivity contribution is 5.88. The van der Waals surface area contributed by atoms with Crippen LogP contribution >= 0.6 is 0 Å². The Morgan fingerprint density at radius 2 is 1.24 bits per heavy atom. The summed E-state index contributed by atoms with van der Waals surface area (Å²) in [5.74, 6) is 7.82. The molecule has 0 radical (unpaired) electrons. The second-order valence-electron chi connectivity index (χ2n) is 17.9. The molecule has 4 N–H and O–H groups in total. The lowest BCUT2D eigenvalue weighted by Gasteiger charge is -2.30. The van der Waals surface area contributed by atoms with Gasteiger partial charge in [-0.15, -0.1) is 5.92 Å². The van der Waals surface area contributed by atoms with Gasteiger partial charge in [-0.1, -0.05) is 99.7 Å². The van der Waals surface area contributed by atoms with Crippen molar-refractivity contribution in [3.8, 4) is 45.5 Å². The van der Waals surface area contributed by atoms with Gasteiger partial charge in [-0.2, -0.15) is 0 Å². The SMILES string of the molecule is CC#Cc1cc(-c2cnc([C@@H]3CCCN3C(=O)[C@@H](NC(=O)OC)C(C)C)[nH]2)ccc1-c1ccc(-c2cnc([C@@H]3CCCN3C(=O)[C@H](NC(=O)OC)c3ccc(C4CCCCC4)cc3)[nH]2)cc1. The average molecular weight is 893 g/mol. The molecule has 0 spiro atoms. The van der Waals surface area contributed by atoms with Crippen molar-refractivity contribution in [3.63, 3.8) is 0 Å². The number of nitrogens with one attached hydrogen (secondary N) is 4. The summed E-state index contributed by atoms with van der Waals surface area (Å²) >= 11 is 0. The Kier molecular flexibility index (Phi) is 14.2. The first-order valence-corrected chi connectivity index (χ1v) is 23.2. The maximum atomic E-state index is 14.3. The lowest BCUT2D eigenvalue weighted by atomic mass is 9.83. The lowest BCUT2D eigenvalue weighted by molar-refractivity contribution is -0.135. The number of carbonyl (C=O) groups excluding carboxylic acids is 4. The van der Waals surface area contributed by atoms with Gasteiger partial charge in [0.25, 0.3) is 5.91 Å². The first kappa shape index (κ1) is 45.7. The number of rotatable bonds is 12. The summed E-state index contributed by atoms with van der Waals surface area (Å²) < 4.78 is 9.74. The molecular formula is C52H60N8O6. The number of amides is 4. The number of likely N-dealkylation sites (tertiary alicyclic amines) is 2. The van der Waals surface area contributed by atoms with Gasteiger partial charge in [-0.05, 0) is 91.2 Å². The maximum Gasteiger partial charge on any atom is 0.407 e. The molecule has 1 saturated carbocycles. The quantitative estimate of drug-likeness (QED) is 0.0897. The minimum atomic E-state index is -0.893. The van der Waals surface area contributed by atoms with E-state index in [1.165, 1.54) is 51.9 Å². The summed E-state index contributed by atoms with van der Waals surface area (Å²) in [4.78, 5) is 72.7. The molecule has 14 nitrogen and oxygen atoms in total. The molecule has 3 aromatic carbocycles. The Bertz CT molecular complexity index is 2580. The van der Waals surface area contributed by atoms with Crippen LogP contribution in [0.2, 0.25) is 0 Å². The summed E-state index contributed by atoms with van der Waals surface area (Å²) in [6.07, 6.45) is 11.6. The Hall–Kier alpha value is -6.88. The molecule has 2 aromatic heterocycles. The van der Waals surface area contributed by atoms with Crippen LogP contribution in [0.4, 0.5) is 9.59 Å². The van der Waals surface area contributed by atoms with E-state index in [4.69, 9.17) is 19.4 Å². The van der Waals surface area contributed by atoms with Crippen LogP contribution in [0.1, 0.15) is 131 Å². The third kappa shape index (κ3) is 9.85. The Morgan fingerprint density at radius 1 is 0.682 bits per heavy atom. The molecule has 1 aliphatic carbocycles. The normalized spacial score (nSPS) is 18.3. The molecule has 2 saturated heterocycles. The van der Waals surface area contributed by atoms with Crippen molar-refractivity contribution in [2.24, 2.45) is 5.92 Å². The van der Waals surface area contributed by atoms with E-state index >= 15 is 0 Å². The molecule has 5 aromatic rings. The molecule has 3 aliphatic rings. The van der Waals surface area contributed by atoms with Crippen LogP contribution in [0.25, 0.3) is 33.6 Å². The molecule has 66 heavy (non-hydrogen) atoms. The van der Waals surface area contributed by atoms with Gasteiger partial charge in [0.2, 0.25) is 5.91 Å². The fraction of sp³-hybridized carbons (Fsp3) is 0.423. The van der Waals surface area contributed by atoms with Gasteiger partial charge in [0.15, 0.2) is 0 Å². The highest BCUT2D eigenvalue weighted by Crippen LogP contribution is 2.38. The number of H-pyrrole nitrogens is 2. The number of methoxy groups -OCH3 is 2. The van der Waals surface area contributed by atoms with E-state index in [0.717, 1.165) is 70.5 Å². The van der Waals surface area contributed by atoms with Gasteiger partial charge in [-0.25, -0.2) is 19.6 Å². The summed E-state index contributed by atoms with van der Waals surface area (Å²) in [6.45, 7) is 6.74. The van der Waals surface area contributed by atoms with E-state index in [2.05, 4.69) is 81.0 Å². The van der Waals surface area contributed by atoms with E-state index in [9.17, 15) is 19.2 Å². The van der Waals surface area contributed by atoms with Crippen LogP contribution in [-0.2, 0) is 19.1 Å². The molecular weight excluding hydrogens is 833 g/mol. The molecule has 8 rings (SSSR count). The number of aromatic amines is 2. The standard InChI is InChI=1S/C52H60N8O6/c1-6-12-38-29-39(42-31-54-48(56-42)43-15-10-27-59(43)49(61)45(32(2)3)57-51(63)65-4)25-26-40(38)35-19-21-36(22-20-35)41-30-53-47(55-41)44-16-11-28-60(44)50(62)46(58-52(64)66-5)37-23-17-34(18-24-37)33-13-8-7-9-14-33/h17-26,29-33,43-46H,7-11,13-16,27-28H2,1-5H3,(H,53,55)(H,54,56)(H,57,63)(H,58,64)/t43-,44-,45-,46+/m0/s1. The highest BCUT2D eigenvalue weighted by atomic mass is 16.5. The van der Waals surface area contributed by atoms with Crippen LogP contribution in [-0.4, -0.2) is 87.1 Å². The van der Waals surface area contributed by atoms with E-state index in [-0.39, 0.29) is 29.8 Å². The van der Waals surface area contributed by atoms with Crippen molar-refractivity contribution in [3.05, 3.63) is 107 Å². The number of aromatic nitrogens is 4. The fourth-order valence-electron chi connectivity index (χ4n) is 9.87. The van der Waals surface area contributed by atoms with Gasteiger partial charge < -0.3 is 39.9 Å². The molecule has 4 atom stereocenters. The van der Waals surface area contributed by atoms with Gasteiger partial charge in [0, 0.05) is 24.2 Å². The van der Waals surface area contributed by atoms with Crippen molar-refractivity contribution >= 4 is 24.0 Å². The molecule has 2 aliphatic heterocycles. The molecule has 3 fully saturated rings. The first-order chi connectivity index (χ1) is 32.1. The van der Waals surface area contributed by atoms with Crippen LogP contribution in [0.15, 0.2) is 79.1 Å². The third-order valence-electron chi connectivity index (χ3n) is 13.4. The minimum absolute atomic E-state index is 0.124. The van der Waals surface area contributed by atoms with Crippen molar-refractivity contribution < 1.29 is 28.7 Å². The van der Waals surface area contributed by atoms with Gasteiger partial charge in [0.05, 0.1) is 50.1 Å². The number of imidazole rings is 2. The first-order valence-electron chi connectivity index (χ1n) is 23.2. The zero-order chi connectivity index (χ0) is 46.3. The molecule has 4 heterocycles. The van der Waals surface area contributed by atoms with Crippen molar-refractivity contribution in [1.29, 1.82) is 0 Å².